The van der Waals surface area contributed by atoms with E-state index < -0.39 is 5.97 Å². The molecule has 20 heavy (non-hydrogen) atoms. The van der Waals surface area contributed by atoms with Crippen molar-refractivity contribution in [2.45, 2.75) is 6.42 Å². The van der Waals surface area contributed by atoms with Gasteiger partial charge in [-0.05, 0) is 18.1 Å². The molecule has 0 unspecified atom stereocenters. The fourth-order valence-electron chi connectivity index (χ4n) is 1.86. The Kier molecular flexibility index (Phi) is 4.14. The zero-order chi connectivity index (χ0) is 14.5. The number of aromatic nitrogens is 1. The molecule has 1 aromatic carbocycles. The van der Waals surface area contributed by atoms with E-state index in [2.05, 4.69) is 9.68 Å². The van der Waals surface area contributed by atoms with Gasteiger partial charge in [-0.1, -0.05) is 23.4 Å². The van der Waals surface area contributed by atoms with Gasteiger partial charge in [0.15, 0.2) is 5.69 Å². The number of hydrogen-bond acceptors (Lipinski definition) is 4. The molecule has 1 aromatic heterocycles. The molecule has 2 rings (SSSR count). The molecule has 0 aliphatic carbocycles. The number of carboxylic acids is 1. The summed E-state index contributed by atoms with van der Waals surface area (Å²) in [6.07, 6.45) is 1.80. The van der Waals surface area contributed by atoms with Crippen molar-refractivity contribution in [3.8, 4) is 0 Å². The lowest BCUT2D eigenvalue weighted by Gasteiger charge is -2.16. The average molecular weight is 274 g/mol. The normalized spacial score (nSPS) is 10.2. The van der Waals surface area contributed by atoms with E-state index in [1.165, 1.54) is 17.2 Å². The van der Waals surface area contributed by atoms with Crippen LogP contribution in [0.2, 0.25) is 0 Å². The number of carbonyl (C=O) groups excluding carboxylic acids is 1. The molecule has 2 aromatic rings. The summed E-state index contributed by atoms with van der Waals surface area (Å²) in [4.78, 5) is 24.5. The van der Waals surface area contributed by atoms with E-state index >= 15 is 0 Å². The van der Waals surface area contributed by atoms with E-state index in [9.17, 15) is 9.59 Å². The molecule has 0 fully saturated rings. The lowest BCUT2D eigenvalue weighted by molar-refractivity contribution is 0.0695. The zero-order valence-corrected chi connectivity index (χ0v) is 10.9. The highest BCUT2D eigenvalue weighted by molar-refractivity contribution is 5.92. The maximum absolute atomic E-state index is 11.9. The summed E-state index contributed by atoms with van der Waals surface area (Å²) in [6, 6.07) is 8.25. The Balaban J connectivity index is 2.02. The predicted molar refractivity (Wildman–Crippen MR) is 70.6 cm³/mol. The van der Waals surface area contributed by atoms with Gasteiger partial charge in [-0.3, -0.25) is 4.79 Å². The first-order valence-corrected chi connectivity index (χ1v) is 6.06. The van der Waals surface area contributed by atoms with E-state index in [1.54, 1.807) is 31.3 Å². The van der Waals surface area contributed by atoms with Crippen molar-refractivity contribution < 1.29 is 19.2 Å². The Bertz CT molecular complexity index is 607. The minimum Gasteiger partial charge on any atom is -0.478 e. The van der Waals surface area contributed by atoms with Crippen LogP contribution in [0.1, 0.15) is 26.4 Å². The van der Waals surface area contributed by atoms with E-state index in [0.29, 0.717) is 18.5 Å². The van der Waals surface area contributed by atoms with E-state index in [0.717, 1.165) is 0 Å². The molecular formula is C14H14N2O4. The Morgan fingerprint density at radius 2 is 2.05 bits per heavy atom. The van der Waals surface area contributed by atoms with Crippen LogP contribution in [0.15, 0.2) is 41.1 Å². The Morgan fingerprint density at radius 3 is 2.70 bits per heavy atom. The van der Waals surface area contributed by atoms with Gasteiger partial charge < -0.3 is 14.5 Å². The second-order valence-corrected chi connectivity index (χ2v) is 4.32. The predicted octanol–water partition coefficient (Wildman–Crippen LogP) is 1.69. The first-order chi connectivity index (χ1) is 9.59. The molecule has 1 N–H and O–H groups in total. The minimum absolute atomic E-state index is 0.235. The van der Waals surface area contributed by atoms with Gasteiger partial charge in [0.05, 0.1) is 5.56 Å². The molecule has 0 saturated carbocycles. The molecule has 1 amide bonds. The molecule has 0 aliphatic heterocycles. The third-order valence-corrected chi connectivity index (χ3v) is 2.97. The summed E-state index contributed by atoms with van der Waals surface area (Å²) in [7, 11) is 1.64. The standard InChI is InChI=1S/C14H14N2O4/c1-16(13(17)12-7-9-20-15-12)8-6-10-4-2-3-5-11(10)14(18)19/h2-5,7,9H,6,8H2,1H3,(H,18,19). The van der Waals surface area contributed by atoms with Crippen molar-refractivity contribution in [2.24, 2.45) is 0 Å². The molecule has 0 atom stereocenters. The van der Waals surface area contributed by atoms with Crippen molar-refractivity contribution >= 4 is 11.9 Å². The van der Waals surface area contributed by atoms with Crippen molar-refractivity contribution in [3.63, 3.8) is 0 Å². The van der Waals surface area contributed by atoms with Crippen LogP contribution in [0.4, 0.5) is 0 Å². The van der Waals surface area contributed by atoms with Gasteiger partial charge in [-0.15, -0.1) is 0 Å². The first-order valence-electron chi connectivity index (χ1n) is 6.06. The van der Waals surface area contributed by atoms with Crippen molar-refractivity contribution in [1.82, 2.24) is 10.1 Å². The second kappa shape index (κ2) is 6.01. The van der Waals surface area contributed by atoms with Gasteiger partial charge in [0.25, 0.3) is 5.91 Å². The molecule has 6 nitrogen and oxygen atoms in total. The molecule has 0 radical (unpaired) electrons. The third-order valence-electron chi connectivity index (χ3n) is 2.97. The Hall–Kier alpha value is -2.63. The van der Waals surface area contributed by atoms with Crippen LogP contribution in [0.25, 0.3) is 0 Å². The number of amides is 1. The Morgan fingerprint density at radius 1 is 1.30 bits per heavy atom. The zero-order valence-electron chi connectivity index (χ0n) is 10.9. The quantitative estimate of drug-likeness (QED) is 0.896. The SMILES string of the molecule is CN(CCc1ccccc1C(=O)O)C(=O)c1ccon1. The van der Waals surface area contributed by atoms with Gasteiger partial charge >= 0.3 is 5.97 Å². The molecule has 0 saturated heterocycles. The van der Waals surface area contributed by atoms with Gasteiger partial charge in [0, 0.05) is 19.7 Å². The molecule has 6 heteroatoms. The van der Waals surface area contributed by atoms with Crippen LogP contribution < -0.4 is 0 Å². The van der Waals surface area contributed by atoms with E-state index in [1.807, 2.05) is 0 Å². The van der Waals surface area contributed by atoms with Gasteiger partial charge in [-0.25, -0.2) is 4.79 Å². The summed E-state index contributed by atoms with van der Waals surface area (Å²) >= 11 is 0. The third kappa shape index (κ3) is 3.03. The number of carboxylic acid groups (broad SMARTS) is 1. The number of likely N-dealkylation sites (N-methyl/N-ethyl adjacent to an activating group) is 1. The number of nitrogens with zero attached hydrogens (tertiary/aromatic N) is 2. The van der Waals surface area contributed by atoms with Gasteiger partial charge in [-0.2, -0.15) is 0 Å². The maximum Gasteiger partial charge on any atom is 0.335 e. The number of carbonyl (C=O) groups is 2. The highest BCUT2D eigenvalue weighted by atomic mass is 16.5. The lowest BCUT2D eigenvalue weighted by Crippen LogP contribution is -2.29. The second-order valence-electron chi connectivity index (χ2n) is 4.32. The highest BCUT2D eigenvalue weighted by Gasteiger charge is 2.15. The number of rotatable bonds is 5. The van der Waals surface area contributed by atoms with Crippen molar-refractivity contribution in [3.05, 3.63) is 53.4 Å². The maximum atomic E-state index is 11.9. The molecule has 104 valence electrons. The number of aromatic carboxylic acids is 1. The van der Waals surface area contributed by atoms with Gasteiger partial charge in [0.2, 0.25) is 0 Å². The largest absolute Gasteiger partial charge is 0.478 e. The minimum atomic E-state index is -0.967. The topological polar surface area (TPSA) is 83.6 Å². The van der Waals surface area contributed by atoms with Crippen LogP contribution in [0.3, 0.4) is 0 Å². The molecule has 0 bridgehead atoms. The van der Waals surface area contributed by atoms with E-state index in [4.69, 9.17) is 5.11 Å². The fourth-order valence-corrected chi connectivity index (χ4v) is 1.86. The molecule has 0 spiro atoms. The summed E-state index contributed by atoms with van der Waals surface area (Å²) in [5, 5.41) is 12.7. The molecule has 0 aliphatic rings. The van der Waals surface area contributed by atoms with Gasteiger partial charge in [0.1, 0.15) is 6.26 Å². The van der Waals surface area contributed by atoms with Crippen LogP contribution in [0.5, 0.6) is 0 Å². The van der Waals surface area contributed by atoms with Crippen LogP contribution >= 0.6 is 0 Å². The summed E-state index contributed by atoms with van der Waals surface area (Å²) in [6.45, 7) is 0.399. The number of benzene rings is 1. The van der Waals surface area contributed by atoms with Crippen LogP contribution in [0, 0.1) is 0 Å². The first kappa shape index (κ1) is 13.8. The monoisotopic (exact) mass is 274 g/mol. The van der Waals surface area contributed by atoms with E-state index in [-0.39, 0.29) is 17.2 Å². The number of hydrogen-bond donors (Lipinski definition) is 1. The van der Waals surface area contributed by atoms with Crippen LogP contribution in [-0.4, -0.2) is 40.6 Å². The lowest BCUT2D eigenvalue weighted by atomic mass is 10.0. The van der Waals surface area contributed by atoms with Crippen molar-refractivity contribution in [2.75, 3.05) is 13.6 Å². The fraction of sp³-hybridized carbons (Fsp3) is 0.214. The molecule has 1 heterocycles. The Labute approximate surface area is 115 Å². The molecular weight excluding hydrogens is 260 g/mol. The summed E-state index contributed by atoms with van der Waals surface area (Å²) < 4.78 is 4.62. The average Bonchev–Trinajstić information content (AvgIpc) is 2.98. The smallest absolute Gasteiger partial charge is 0.335 e. The summed E-state index contributed by atoms with van der Waals surface area (Å²) in [5.74, 6) is -1.22. The summed E-state index contributed by atoms with van der Waals surface area (Å²) in [5.41, 5.74) is 1.19. The highest BCUT2D eigenvalue weighted by Crippen LogP contribution is 2.10. The van der Waals surface area contributed by atoms with Crippen molar-refractivity contribution in [1.29, 1.82) is 0 Å². The van der Waals surface area contributed by atoms with Crippen LogP contribution in [-0.2, 0) is 6.42 Å².